The van der Waals surface area contributed by atoms with E-state index in [1.165, 1.54) is 11.7 Å². The molecule has 112 valence electrons. The molecule has 1 N–H and O–H groups in total. The Balaban J connectivity index is 2.15. The van der Waals surface area contributed by atoms with E-state index in [-0.39, 0.29) is 5.56 Å². The maximum absolute atomic E-state index is 12.6. The average molecular weight is 332 g/mol. The summed E-state index contributed by atoms with van der Waals surface area (Å²) < 4.78 is 6.52. The third kappa shape index (κ3) is 2.60. The lowest BCUT2D eigenvalue weighted by atomic mass is 10.1. The van der Waals surface area contributed by atoms with Gasteiger partial charge in [-0.1, -0.05) is 6.07 Å². The number of thiophene rings is 1. The van der Waals surface area contributed by atoms with Crippen LogP contribution in [0.1, 0.15) is 15.2 Å². The zero-order valence-corrected chi connectivity index (χ0v) is 13.3. The van der Waals surface area contributed by atoms with Crippen LogP contribution in [0.5, 0.6) is 0 Å². The van der Waals surface area contributed by atoms with Crippen LogP contribution in [-0.4, -0.2) is 22.6 Å². The Morgan fingerprint density at radius 1 is 1.41 bits per heavy atom. The lowest BCUT2D eigenvalue weighted by Gasteiger charge is -2.08. The first-order valence-corrected chi connectivity index (χ1v) is 7.76. The zero-order chi connectivity index (χ0) is 15.7. The number of fused-ring (bicyclic) bond motifs is 1. The molecule has 0 aliphatic heterocycles. The number of ether oxygens (including phenoxy) is 1. The molecule has 0 fully saturated rings. The number of aromatic nitrogens is 2. The van der Waals surface area contributed by atoms with E-state index in [4.69, 9.17) is 12.2 Å². The lowest BCUT2D eigenvalue weighted by molar-refractivity contribution is 0.0601. The summed E-state index contributed by atoms with van der Waals surface area (Å²) in [4.78, 5) is 28.2. The Morgan fingerprint density at radius 3 is 2.91 bits per heavy atom. The number of hydrogen-bond acceptors (Lipinski definition) is 5. The molecule has 0 spiro atoms. The van der Waals surface area contributed by atoms with E-state index in [1.54, 1.807) is 29.5 Å². The molecule has 0 aliphatic carbocycles. The molecule has 2 heterocycles. The van der Waals surface area contributed by atoms with Gasteiger partial charge in [0.25, 0.3) is 5.56 Å². The zero-order valence-electron chi connectivity index (χ0n) is 11.7. The van der Waals surface area contributed by atoms with Gasteiger partial charge in [-0.05, 0) is 41.9 Å². The van der Waals surface area contributed by atoms with Crippen molar-refractivity contribution in [3.63, 3.8) is 0 Å². The van der Waals surface area contributed by atoms with Crippen molar-refractivity contribution in [1.82, 2.24) is 9.55 Å². The summed E-state index contributed by atoms with van der Waals surface area (Å²) in [7, 11) is 1.31. The Morgan fingerprint density at radius 2 is 2.23 bits per heavy atom. The minimum atomic E-state index is -0.455. The quantitative estimate of drug-likeness (QED) is 0.592. The molecule has 1 aromatic carbocycles. The molecule has 0 bridgehead atoms. The number of aromatic amines is 1. The van der Waals surface area contributed by atoms with Crippen LogP contribution in [0.25, 0.3) is 10.9 Å². The van der Waals surface area contributed by atoms with Gasteiger partial charge in [0.1, 0.15) is 0 Å². The molecule has 3 aromatic rings. The molecule has 5 nitrogen and oxygen atoms in total. The molecular weight excluding hydrogens is 320 g/mol. The summed E-state index contributed by atoms with van der Waals surface area (Å²) in [5.74, 6) is -0.455. The Kier molecular flexibility index (Phi) is 3.91. The van der Waals surface area contributed by atoms with Crippen LogP contribution in [-0.2, 0) is 11.3 Å². The highest BCUT2D eigenvalue weighted by Gasteiger charge is 2.10. The smallest absolute Gasteiger partial charge is 0.337 e. The Bertz CT molecular complexity index is 955. The number of benzene rings is 1. The summed E-state index contributed by atoms with van der Waals surface area (Å²) in [5.41, 5.74) is 0.722. The van der Waals surface area contributed by atoms with E-state index in [9.17, 15) is 9.59 Å². The maximum Gasteiger partial charge on any atom is 0.337 e. The number of nitrogens with zero attached hydrogens (tertiary/aromatic N) is 1. The van der Waals surface area contributed by atoms with Gasteiger partial charge in [0.05, 0.1) is 30.1 Å². The monoisotopic (exact) mass is 332 g/mol. The van der Waals surface area contributed by atoms with Crippen molar-refractivity contribution in [3.8, 4) is 0 Å². The van der Waals surface area contributed by atoms with Gasteiger partial charge in [-0.25, -0.2) is 4.79 Å². The Hall–Kier alpha value is -2.25. The van der Waals surface area contributed by atoms with E-state index in [1.807, 2.05) is 17.5 Å². The first-order chi connectivity index (χ1) is 10.6. The summed E-state index contributed by atoms with van der Waals surface area (Å²) >= 11 is 6.84. The maximum atomic E-state index is 12.6. The van der Waals surface area contributed by atoms with E-state index in [2.05, 4.69) is 9.72 Å². The summed E-state index contributed by atoms with van der Waals surface area (Å²) in [6.07, 6.45) is 0. The molecule has 0 unspecified atom stereocenters. The normalized spacial score (nSPS) is 10.8. The highest BCUT2D eigenvalue weighted by Crippen LogP contribution is 2.14. The number of rotatable bonds is 3. The second kappa shape index (κ2) is 5.86. The average Bonchev–Trinajstić information content (AvgIpc) is 3.03. The number of methoxy groups -OCH3 is 1. The van der Waals surface area contributed by atoms with Crippen molar-refractivity contribution in [2.45, 2.75) is 6.54 Å². The van der Waals surface area contributed by atoms with E-state index in [0.717, 1.165) is 4.88 Å². The molecule has 0 saturated carbocycles. The van der Waals surface area contributed by atoms with Gasteiger partial charge in [0.15, 0.2) is 4.77 Å². The number of H-pyrrole nitrogens is 1. The third-order valence-electron chi connectivity index (χ3n) is 3.30. The van der Waals surface area contributed by atoms with Crippen LogP contribution in [0.15, 0.2) is 40.5 Å². The van der Waals surface area contributed by atoms with Crippen LogP contribution >= 0.6 is 23.6 Å². The predicted molar refractivity (Wildman–Crippen MR) is 88.2 cm³/mol. The second-order valence-electron chi connectivity index (χ2n) is 4.65. The van der Waals surface area contributed by atoms with Crippen molar-refractivity contribution in [2.75, 3.05) is 7.11 Å². The summed E-state index contributed by atoms with van der Waals surface area (Å²) in [6, 6.07) is 8.65. The number of carbonyl (C=O) groups excluding carboxylic acids is 1. The van der Waals surface area contributed by atoms with Crippen molar-refractivity contribution < 1.29 is 9.53 Å². The number of hydrogen-bond donors (Lipinski definition) is 1. The minimum absolute atomic E-state index is 0.177. The fourth-order valence-electron chi connectivity index (χ4n) is 2.20. The molecule has 0 radical (unpaired) electrons. The van der Waals surface area contributed by atoms with E-state index in [0.29, 0.717) is 27.8 Å². The molecule has 7 heteroatoms. The molecule has 3 rings (SSSR count). The molecule has 0 saturated heterocycles. The van der Waals surface area contributed by atoms with Gasteiger partial charge in [-0.3, -0.25) is 9.36 Å². The van der Waals surface area contributed by atoms with E-state index >= 15 is 0 Å². The van der Waals surface area contributed by atoms with Crippen LogP contribution < -0.4 is 5.56 Å². The minimum Gasteiger partial charge on any atom is -0.465 e. The highest BCUT2D eigenvalue weighted by atomic mass is 32.1. The summed E-state index contributed by atoms with van der Waals surface area (Å²) in [5, 5.41) is 2.44. The fourth-order valence-corrected chi connectivity index (χ4v) is 3.15. The number of nitrogens with one attached hydrogen (secondary N) is 1. The molecule has 2 aromatic heterocycles. The first-order valence-electron chi connectivity index (χ1n) is 6.47. The topological polar surface area (TPSA) is 64.1 Å². The van der Waals surface area contributed by atoms with Crippen LogP contribution in [0, 0.1) is 4.77 Å². The predicted octanol–water partition coefficient (Wildman–Crippen LogP) is 2.96. The summed E-state index contributed by atoms with van der Waals surface area (Å²) in [6.45, 7) is 0.431. The van der Waals surface area contributed by atoms with Gasteiger partial charge >= 0.3 is 5.97 Å². The molecule has 22 heavy (non-hydrogen) atoms. The van der Waals surface area contributed by atoms with Crippen molar-refractivity contribution in [1.29, 1.82) is 0 Å². The lowest BCUT2D eigenvalue weighted by Crippen LogP contribution is -2.22. The molecule has 0 atom stereocenters. The standard InChI is InChI=1S/C15H12N2O3S2/c1-20-14(19)9-4-5-11-12(7-9)16-15(21)17(13(11)18)8-10-3-2-6-22-10/h2-7H,8H2,1H3,(H,16,21). The van der Waals surface area contributed by atoms with Crippen LogP contribution in [0.3, 0.4) is 0 Å². The SMILES string of the molecule is COC(=O)c1ccc2c(=O)n(Cc3cccs3)c(=S)[nH]c2c1. The third-order valence-corrected chi connectivity index (χ3v) is 4.48. The van der Waals surface area contributed by atoms with Crippen molar-refractivity contribution in [2.24, 2.45) is 0 Å². The van der Waals surface area contributed by atoms with Crippen LogP contribution in [0.4, 0.5) is 0 Å². The van der Waals surface area contributed by atoms with Gasteiger partial charge < -0.3 is 9.72 Å². The number of esters is 1. The first kappa shape index (κ1) is 14.7. The molecule has 0 amide bonds. The van der Waals surface area contributed by atoms with Crippen molar-refractivity contribution in [3.05, 3.63) is 61.3 Å². The van der Waals surface area contributed by atoms with Gasteiger partial charge in [-0.15, -0.1) is 11.3 Å². The van der Waals surface area contributed by atoms with Crippen LogP contribution in [0.2, 0.25) is 0 Å². The second-order valence-corrected chi connectivity index (χ2v) is 6.07. The highest BCUT2D eigenvalue weighted by molar-refractivity contribution is 7.71. The van der Waals surface area contributed by atoms with Gasteiger partial charge in [-0.2, -0.15) is 0 Å². The van der Waals surface area contributed by atoms with Crippen molar-refractivity contribution >= 4 is 40.4 Å². The van der Waals surface area contributed by atoms with Gasteiger partial charge in [0, 0.05) is 4.88 Å². The Labute approximate surface area is 134 Å². The fraction of sp³-hybridized carbons (Fsp3) is 0.133. The van der Waals surface area contributed by atoms with E-state index < -0.39 is 5.97 Å². The largest absolute Gasteiger partial charge is 0.465 e. The number of carbonyl (C=O) groups is 1. The van der Waals surface area contributed by atoms with Gasteiger partial charge in [0.2, 0.25) is 0 Å². The molecular formula is C15H12N2O3S2. The molecule has 0 aliphatic rings.